The Morgan fingerprint density at radius 1 is 1.26 bits per heavy atom. The molecule has 5 heteroatoms. The lowest BCUT2D eigenvalue weighted by atomic mass is 9.83. The Morgan fingerprint density at radius 3 is 2.63 bits per heavy atom. The van der Waals surface area contributed by atoms with Gasteiger partial charge in [-0.15, -0.1) is 5.10 Å². The van der Waals surface area contributed by atoms with Crippen molar-refractivity contribution in [2.75, 3.05) is 18.4 Å². The maximum absolute atomic E-state index is 5.65. The third kappa shape index (κ3) is 3.47. The van der Waals surface area contributed by atoms with E-state index in [0.717, 1.165) is 13.1 Å². The second-order valence-corrected chi connectivity index (χ2v) is 5.64. The molecule has 2 rings (SSSR count). The van der Waals surface area contributed by atoms with E-state index >= 15 is 0 Å². The molecule has 1 aromatic rings. The van der Waals surface area contributed by atoms with E-state index in [1.165, 1.54) is 32.1 Å². The zero-order chi connectivity index (χ0) is 13.7. The number of anilines is 1. The lowest BCUT2D eigenvalue weighted by molar-refractivity contribution is 0.303. The van der Waals surface area contributed by atoms with Gasteiger partial charge < -0.3 is 15.1 Å². The van der Waals surface area contributed by atoms with Crippen molar-refractivity contribution in [2.45, 2.75) is 58.9 Å². The Labute approximate surface area is 115 Å². The third-order valence-corrected chi connectivity index (χ3v) is 4.35. The first-order valence-electron chi connectivity index (χ1n) is 7.50. The third-order valence-electron chi connectivity index (χ3n) is 4.35. The standard InChI is InChI=1S/C14H26N4O/c1-4-14(8-6-7-9-14)10-16-13-18-17-12(19-13)11(3)15-5-2/h11,15H,4-10H2,1-3H3,(H,16,18). The van der Waals surface area contributed by atoms with Crippen LogP contribution < -0.4 is 10.6 Å². The summed E-state index contributed by atoms with van der Waals surface area (Å²) in [5.41, 5.74) is 0.432. The monoisotopic (exact) mass is 266 g/mol. The molecule has 2 N–H and O–H groups in total. The van der Waals surface area contributed by atoms with Crippen LogP contribution in [0.25, 0.3) is 0 Å². The molecule has 19 heavy (non-hydrogen) atoms. The van der Waals surface area contributed by atoms with Gasteiger partial charge in [-0.25, -0.2) is 0 Å². The van der Waals surface area contributed by atoms with Crippen molar-refractivity contribution in [3.63, 3.8) is 0 Å². The molecule has 1 fully saturated rings. The van der Waals surface area contributed by atoms with Gasteiger partial charge in [-0.2, -0.15) is 0 Å². The summed E-state index contributed by atoms with van der Waals surface area (Å²) < 4.78 is 5.65. The normalized spacial score (nSPS) is 19.5. The van der Waals surface area contributed by atoms with Crippen molar-refractivity contribution >= 4 is 6.01 Å². The molecule has 0 radical (unpaired) electrons. The summed E-state index contributed by atoms with van der Waals surface area (Å²) in [6, 6.07) is 0.666. The number of rotatable bonds is 7. The number of nitrogens with zero attached hydrogens (tertiary/aromatic N) is 2. The molecule has 1 atom stereocenters. The van der Waals surface area contributed by atoms with Gasteiger partial charge in [-0.05, 0) is 38.1 Å². The smallest absolute Gasteiger partial charge is 0.315 e. The molecule has 1 heterocycles. The Hall–Kier alpha value is -1.10. The molecule has 0 bridgehead atoms. The number of aromatic nitrogens is 2. The van der Waals surface area contributed by atoms with Crippen molar-refractivity contribution < 1.29 is 4.42 Å². The van der Waals surface area contributed by atoms with Gasteiger partial charge in [0.1, 0.15) is 0 Å². The van der Waals surface area contributed by atoms with Crippen LogP contribution in [0.1, 0.15) is 64.8 Å². The minimum absolute atomic E-state index is 0.111. The fourth-order valence-electron chi connectivity index (χ4n) is 2.92. The minimum Gasteiger partial charge on any atom is -0.406 e. The van der Waals surface area contributed by atoms with Crippen LogP contribution in [-0.4, -0.2) is 23.3 Å². The molecule has 0 spiro atoms. The summed E-state index contributed by atoms with van der Waals surface area (Å²) in [6.45, 7) is 8.22. The molecule has 1 saturated carbocycles. The van der Waals surface area contributed by atoms with Crippen LogP contribution >= 0.6 is 0 Å². The van der Waals surface area contributed by atoms with E-state index in [1.54, 1.807) is 0 Å². The van der Waals surface area contributed by atoms with Crippen LogP contribution in [-0.2, 0) is 0 Å². The van der Waals surface area contributed by atoms with Crippen molar-refractivity contribution in [2.24, 2.45) is 5.41 Å². The minimum atomic E-state index is 0.111. The van der Waals surface area contributed by atoms with Gasteiger partial charge in [0.05, 0.1) is 6.04 Å². The van der Waals surface area contributed by atoms with Crippen LogP contribution in [0.15, 0.2) is 4.42 Å². The van der Waals surface area contributed by atoms with E-state index in [0.29, 0.717) is 17.3 Å². The summed E-state index contributed by atoms with van der Waals surface area (Å²) in [5, 5.41) is 14.8. The molecule has 0 saturated heterocycles. The summed E-state index contributed by atoms with van der Waals surface area (Å²) in [6.07, 6.45) is 6.54. The van der Waals surface area contributed by atoms with Gasteiger partial charge >= 0.3 is 6.01 Å². The first-order valence-corrected chi connectivity index (χ1v) is 7.50. The van der Waals surface area contributed by atoms with Crippen LogP contribution in [0.2, 0.25) is 0 Å². The van der Waals surface area contributed by atoms with E-state index in [9.17, 15) is 0 Å². The summed E-state index contributed by atoms with van der Waals surface area (Å²) >= 11 is 0. The summed E-state index contributed by atoms with van der Waals surface area (Å²) in [5.74, 6) is 0.654. The Bertz CT molecular complexity index is 385. The quantitative estimate of drug-likeness (QED) is 0.794. The zero-order valence-electron chi connectivity index (χ0n) is 12.3. The lowest BCUT2D eigenvalue weighted by Gasteiger charge is -2.26. The highest BCUT2D eigenvalue weighted by Gasteiger charge is 2.32. The molecule has 1 aliphatic rings. The number of hydrogen-bond acceptors (Lipinski definition) is 5. The van der Waals surface area contributed by atoms with E-state index in [1.807, 2.05) is 6.92 Å². The molecule has 0 aromatic carbocycles. The van der Waals surface area contributed by atoms with E-state index in [2.05, 4.69) is 34.7 Å². The largest absolute Gasteiger partial charge is 0.406 e. The Kier molecular flexibility index (Phi) is 4.80. The highest BCUT2D eigenvalue weighted by molar-refractivity contribution is 5.18. The predicted octanol–water partition coefficient (Wildman–Crippen LogP) is 3.12. The van der Waals surface area contributed by atoms with Gasteiger partial charge in [0.25, 0.3) is 0 Å². The highest BCUT2D eigenvalue weighted by atomic mass is 16.4. The van der Waals surface area contributed by atoms with Gasteiger partial charge in [-0.1, -0.05) is 31.8 Å². The van der Waals surface area contributed by atoms with Crippen molar-refractivity contribution in [3.8, 4) is 0 Å². The molecular formula is C14H26N4O. The van der Waals surface area contributed by atoms with Gasteiger partial charge in [0.15, 0.2) is 0 Å². The molecular weight excluding hydrogens is 240 g/mol. The van der Waals surface area contributed by atoms with E-state index in [-0.39, 0.29) is 6.04 Å². The SMILES string of the molecule is CCNC(C)c1nnc(NCC2(CC)CCCC2)o1. The number of nitrogens with one attached hydrogen (secondary N) is 2. The van der Waals surface area contributed by atoms with Crippen LogP contribution in [0.4, 0.5) is 6.01 Å². The average Bonchev–Trinajstić information content (AvgIpc) is 3.07. The van der Waals surface area contributed by atoms with Crippen molar-refractivity contribution in [1.82, 2.24) is 15.5 Å². The topological polar surface area (TPSA) is 63.0 Å². The van der Waals surface area contributed by atoms with E-state index < -0.39 is 0 Å². The van der Waals surface area contributed by atoms with Crippen LogP contribution in [0.5, 0.6) is 0 Å². The molecule has 1 aromatic heterocycles. The lowest BCUT2D eigenvalue weighted by Crippen LogP contribution is -2.26. The predicted molar refractivity (Wildman–Crippen MR) is 76.1 cm³/mol. The second kappa shape index (κ2) is 6.37. The zero-order valence-corrected chi connectivity index (χ0v) is 12.3. The van der Waals surface area contributed by atoms with Crippen LogP contribution in [0, 0.1) is 5.41 Å². The van der Waals surface area contributed by atoms with Crippen LogP contribution in [0.3, 0.4) is 0 Å². The molecule has 5 nitrogen and oxygen atoms in total. The van der Waals surface area contributed by atoms with Crippen molar-refractivity contribution in [1.29, 1.82) is 0 Å². The fourth-order valence-corrected chi connectivity index (χ4v) is 2.92. The summed E-state index contributed by atoms with van der Waals surface area (Å²) in [4.78, 5) is 0. The van der Waals surface area contributed by atoms with Gasteiger partial charge in [0.2, 0.25) is 5.89 Å². The van der Waals surface area contributed by atoms with Crippen molar-refractivity contribution in [3.05, 3.63) is 5.89 Å². The first kappa shape index (κ1) is 14.3. The summed E-state index contributed by atoms with van der Waals surface area (Å²) in [7, 11) is 0. The molecule has 108 valence electrons. The molecule has 0 aliphatic heterocycles. The molecule has 1 aliphatic carbocycles. The first-order chi connectivity index (χ1) is 9.19. The second-order valence-electron chi connectivity index (χ2n) is 5.64. The maximum atomic E-state index is 5.65. The average molecular weight is 266 g/mol. The molecule has 1 unspecified atom stereocenters. The fraction of sp³-hybridized carbons (Fsp3) is 0.857. The van der Waals surface area contributed by atoms with Gasteiger partial charge in [-0.3, -0.25) is 0 Å². The van der Waals surface area contributed by atoms with E-state index in [4.69, 9.17) is 4.42 Å². The Balaban J connectivity index is 1.89. The maximum Gasteiger partial charge on any atom is 0.315 e. The van der Waals surface area contributed by atoms with Gasteiger partial charge in [0, 0.05) is 6.54 Å². The Morgan fingerprint density at radius 2 is 2.00 bits per heavy atom. The molecule has 0 amide bonds. The number of hydrogen-bond donors (Lipinski definition) is 2. The highest BCUT2D eigenvalue weighted by Crippen LogP contribution is 2.40.